The summed E-state index contributed by atoms with van der Waals surface area (Å²) in [5.41, 5.74) is -1.03. The molecule has 2 fully saturated rings. The summed E-state index contributed by atoms with van der Waals surface area (Å²) in [6.07, 6.45) is 5.69. The maximum absolute atomic E-state index is 12.7. The van der Waals surface area contributed by atoms with Crippen LogP contribution in [0.25, 0.3) is 0 Å². The molecule has 2 aliphatic heterocycles. The van der Waals surface area contributed by atoms with Gasteiger partial charge in [-0.05, 0) is 44.9 Å². The van der Waals surface area contributed by atoms with Crippen molar-refractivity contribution in [2.45, 2.75) is 57.9 Å². The molecule has 2 saturated heterocycles. The van der Waals surface area contributed by atoms with Crippen molar-refractivity contribution in [2.24, 2.45) is 5.92 Å². The van der Waals surface area contributed by atoms with Gasteiger partial charge in [-0.3, -0.25) is 0 Å². The lowest BCUT2D eigenvalue weighted by atomic mass is 9.89. The Morgan fingerprint density at radius 1 is 1.30 bits per heavy atom. The molecule has 2 aliphatic rings. The molecule has 114 valence electrons. The fraction of sp³-hybridized carbons (Fsp3) is 0.867. The van der Waals surface area contributed by atoms with Crippen LogP contribution in [0.15, 0.2) is 0 Å². The number of likely N-dealkylation sites (tertiary alicyclic amines) is 2. The number of rotatable bonds is 3. The van der Waals surface area contributed by atoms with E-state index in [-0.39, 0.29) is 6.03 Å². The zero-order valence-electron chi connectivity index (χ0n) is 12.6. The van der Waals surface area contributed by atoms with Crippen LogP contribution in [0, 0.1) is 5.92 Å². The fourth-order valence-electron chi connectivity index (χ4n) is 3.47. The largest absolute Gasteiger partial charge is 0.480 e. The Balaban J connectivity index is 2.05. The van der Waals surface area contributed by atoms with Gasteiger partial charge < -0.3 is 14.9 Å². The molecule has 1 N–H and O–H groups in total. The maximum Gasteiger partial charge on any atom is 0.329 e. The molecule has 2 unspecified atom stereocenters. The van der Waals surface area contributed by atoms with Crippen LogP contribution in [0.1, 0.15) is 52.4 Å². The van der Waals surface area contributed by atoms with Gasteiger partial charge in [-0.1, -0.05) is 13.3 Å². The molecule has 5 heteroatoms. The van der Waals surface area contributed by atoms with E-state index in [1.54, 1.807) is 11.8 Å². The first-order chi connectivity index (χ1) is 9.49. The highest BCUT2D eigenvalue weighted by atomic mass is 16.4. The van der Waals surface area contributed by atoms with Crippen LogP contribution >= 0.6 is 0 Å². The van der Waals surface area contributed by atoms with E-state index in [9.17, 15) is 14.7 Å². The van der Waals surface area contributed by atoms with Crippen LogP contribution in [0.5, 0.6) is 0 Å². The first-order valence-corrected chi connectivity index (χ1v) is 7.79. The van der Waals surface area contributed by atoms with Gasteiger partial charge in [0.05, 0.1) is 0 Å². The number of carbonyl (C=O) groups excluding carboxylic acids is 1. The molecular weight excluding hydrogens is 256 g/mol. The molecule has 2 atom stereocenters. The van der Waals surface area contributed by atoms with E-state index >= 15 is 0 Å². The Hall–Kier alpha value is -1.26. The molecule has 0 aromatic carbocycles. The van der Waals surface area contributed by atoms with Gasteiger partial charge in [-0.15, -0.1) is 0 Å². The van der Waals surface area contributed by atoms with Crippen LogP contribution in [0.4, 0.5) is 4.79 Å². The van der Waals surface area contributed by atoms with Gasteiger partial charge in [0, 0.05) is 19.6 Å². The lowest BCUT2D eigenvalue weighted by Gasteiger charge is -2.43. The van der Waals surface area contributed by atoms with Gasteiger partial charge in [0.25, 0.3) is 0 Å². The van der Waals surface area contributed by atoms with Gasteiger partial charge in [0.1, 0.15) is 5.54 Å². The van der Waals surface area contributed by atoms with Gasteiger partial charge in [-0.2, -0.15) is 0 Å². The lowest BCUT2D eigenvalue weighted by molar-refractivity contribution is -0.150. The number of carboxylic acid groups (broad SMARTS) is 1. The molecule has 2 amide bonds. The molecule has 0 spiro atoms. The molecule has 2 rings (SSSR count). The van der Waals surface area contributed by atoms with Crippen LogP contribution in [0.2, 0.25) is 0 Å². The molecule has 0 aliphatic carbocycles. The van der Waals surface area contributed by atoms with E-state index in [0.717, 1.165) is 45.2 Å². The third-order valence-corrected chi connectivity index (χ3v) is 4.84. The molecule has 0 radical (unpaired) electrons. The second kappa shape index (κ2) is 6.02. The van der Waals surface area contributed by atoms with Crippen molar-refractivity contribution in [1.29, 1.82) is 0 Å². The highest BCUT2D eigenvalue weighted by Gasteiger charge is 2.45. The van der Waals surface area contributed by atoms with Crippen molar-refractivity contribution in [3.8, 4) is 0 Å². The number of piperidine rings is 1. The molecule has 2 heterocycles. The van der Waals surface area contributed by atoms with Crippen LogP contribution in [-0.4, -0.2) is 52.1 Å². The van der Waals surface area contributed by atoms with E-state index < -0.39 is 11.5 Å². The second-order valence-corrected chi connectivity index (χ2v) is 6.36. The number of hydrogen-bond acceptors (Lipinski definition) is 2. The third-order valence-electron chi connectivity index (χ3n) is 4.84. The minimum atomic E-state index is -1.03. The molecule has 0 bridgehead atoms. The smallest absolute Gasteiger partial charge is 0.329 e. The standard InChI is InChI=1S/C15H26N2O3/c1-3-6-12-7-10-16(11-12)14(20)17-9-5-4-8-15(17,2)13(18)19/h12H,3-11H2,1-2H3,(H,18,19). The van der Waals surface area contributed by atoms with Gasteiger partial charge in [-0.25, -0.2) is 9.59 Å². The zero-order valence-corrected chi connectivity index (χ0v) is 12.6. The zero-order chi connectivity index (χ0) is 14.8. The number of urea groups is 1. The Morgan fingerprint density at radius 2 is 2.05 bits per heavy atom. The van der Waals surface area contributed by atoms with Crippen molar-refractivity contribution in [3.63, 3.8) is 0 Å². The normalized spacial score (nSPS) is 30.6. The highest BCUT2D eigenvalue weighted by molar-refractivity contribution is 5.86. The molecule has 20 heavy (non-hydrogen) atoms. The summed E-state index contributed by atoms with van der Waals surface area (Å²) in [6, 6.07) is -0.0757. The third kappa shape index (κ3) is 2.76. The topological polar surface area (TPSA) is 60.9 Å². The molecule has 0 aromatic rings. The van der Waals surface area contributed by atoms with Crippen molar-refractivity contribution >= 4 is 12.0 Å². The van der Waals surface area contributed by atoms with Crippen LogP contribution in [0.3, 0.4) is 0 Å². The Morgan fingerprint density at radius 3 is 2.70 bits per heavy atom. The summed E-state index contributed by atoms with van der Waals surface area (Å²) < 4.78 is 0. The SMILES string of the molecule is CCCC1CCN(C(=O)N2CCCCC2(C)C(=O)O)C1. The van der Waals surface area contributed by atoms with Crippen molar-refractivity contribution in [2.75, 3.05) is 19.6 Å². The number of nitrogens with zero attached hydrogens (tertiary/aromatic N) is 2. The maximum atomic E-state index is 12.7. The first-order valence-electron chi connectivity index (χ1n) is 7.79. The highest BCUT2D eigenvalue weighted by Crippen LogP contribution is 2.31. The first kappa shape index (κ1) is 15.1. The number of aliphatic carboxylic acids is 1. The van der Waals surface area contributed by atoms with E-state index in [2.05, 4.69) is 6.92 Å². The summed E-state index contributed by atoms with van der Waals surface area (Å²) in [6.45, 7) is 5.98. The number of carbonyl (C=O) groups is 2. The predicted octanol–water partition coefficient (Wildman–Crippen LogP) is 2.56. The van der Waals surface area contributed by atoms with Gasteiger partial charge in [0.15, 0.2) is 0 Å². The lowest BCUT2D eigenvalue weighted by Crippen LogP contribution is -2.60. The Labute approximate surface area is 120 Å². The van der Waals surface area contributed by atoms with Crippen molar-refractivity contribution < 1.29 is 14.7 Å². The summed E-state index contributed by atoms with van der Waals surface area (Å²) in [4.78, 5) is 27.7. The Kier molecular flexibility index (Phi) is 4.55. The summed E-state index contributed by atoms with van der Waals surface area (Å²) in [5, 5.41) is 9.48. The van der Waals surface area contributed by atoms with Crippen molar-refractivity contribution in [1.82, 2.24) is 9.80 Å². The predicted molar refractivity (Wildman–Crippen MR) is 76.6 cm³/mol. The van der Waals surface area contributed by atoms with Crippen LogP contribution in [-0.2, 0) is 4.79 Å². The summed E-state index contributed by atoms with van der Waals surface area (Å²) >= 11 is 0. The average molecular weight is 282 g/mol. The van der Waals surface area contributed by atoms with Crippen molar-refractivity contribution in [3.05, 3.63) is 0 Å². The number of amides is 2. The van der Waals surface area contributed by atoms with Crippen LogP contribution < -0.4 is 0 Å². The molecule has 0 saturated carbocycles. The van der Waals surface area contributed by atoms with E-state index in [1.165, 1.54) is 0 Å². The van der Waals surface area contributed by atoms with Gasteiger partial charge in [0.2, 0.25) is 0 Å². The van der Waals surface area contributed by atoms with E-state index in [0.29, 0.717) is 18.9 Å². The monoisotopic (exact) mass is 282 g/mol. The van der Waals surface area contributed by atoms with E-state index in [1.807, 2.05) is 4.90 Å². The summed E-state index contributed by atoms with van der Waals surface area (Å²) in [5.74, 6) is -0.292. The molecule has 5 nitrogen and oxygen atoms in total. The Bertz CT molecular complexity index is 385. The van der Waals surface area contributed by atoms with E-state index in [4.69, 9.17) is 0 Å². The minimum absolute atomic E-state index is 0.0757. The quantitative estimate of drug-likeness (QED) is 0.865. The fourth-order valence-corrected chi connectivity index (χ4v) is 3.47. The molecular formula is C15H26N2O3. The summed E-state index contributed by atoms with van der Waals surface area (Å²) in [7, 11) is 0. The number of hydrogen-bond donors (Lipinski definition) is 1. The number of carboxylic acids is 1. The molecule has 0 aromatic heterocycles. The second-order valence-electron chi connectivity index (χ2n) is 6.36. The average Bonchev–Trinajstić information content (AvgIpc) is 2.87. The minimum Gasteiger partial charge on any atom is -0.480 e. The van der Waals surface area contributed by atoms with Gasteiger partial charge >= 0.3 is 12.0 Å².